The van der Waals surface area contributed by atoms with E-state index in [0.29, 0.717) is 18.8 Å². The van der Waals surface area contributed by atoms with Crippen LogP contribution in [-0.2, 0) is 6.54 Å². The Morgan fingerprint density at radius 3 is 2.30 bits per heavy atom. The van der Waals surface area contributed by atoms with Crippen LogP contribution in [0.5, 0.6) is 0 Å². The van der Waals surface area contributed by atoms with Crippen LogP contribution >= 0.6 is 0 Å². The van der Waals surface area contributed by atoms with Gasteiger partial charge in [-0.25, -0.2) is 9.59 Å². The van der Waals surface area contributed by atoms with Crippen molar-refractivity contribution in [2.45, 2.75) is 13.5 Å². The monoisotopic (exact) mass is 368 g/mol. The Labute approximate surface area is 158 Å². The van der Waals surface area contributed by atoms with Crippen molar-refractivity contribution in [3.8, 4) is 0 Å². The van der Waals surface area contributed by atoms with Crippen molar-refractivity contribution in [2.24, 2.45) is 0 Å². The number of urea groups is 1. The van der Waals surface area contributed by atoms with Gasteiger partial charge in [0.25, 0.3) is 0 Å². The van der Waals surface area contributed by atoms with E-state index >= 15 is 0 Å². The molecule has 27 heavy (non-hydrogen) atoms. The Bertz CT molecular complexity index is 797. The predicted molar refractivity (Wildman–Crippen MR) is 103 cm³/mol. The molecule has 0 bridgehead atoms. The van der Waals surface area contributed by atoms with Crippen LogP contribution in [-0.4, -0.2) is 65.1 Å². The summed E-state index contributed by atoms with van der Waals surface area (Å²) in [5.74, 6) is -1.02. The fourth-order valence-corrected chi connectivity index (χ4v) is 2.97. The minimum atomic E-state index is -1.02. The number of amides is 2. The molecule has 2 heterocycles. The Balaban J connectivity index is 1.84. The van der Waals surface area contributed by atoms with E-state index in [1.165, 1.54) is 12.3 Å². The van der Waals surface area contributed by atoms with Gasteiger partial charge in [-0.3, -0.25) is 9.88 Å². The Kier molecular flexibility index (Phi) is 5.71. The van der Waals surface area contributed by atoms with Gasteiger partial charge in [-0.1, -0.05) is 17.7 Å². The lowest BCUT2D eigenvalue weighted by Crippen LogP contribution is -2.52. The van der Waals surface area contributed by atoms with Crippen LogP contribution in [0.25, 0.3) is 0 Å². The maximum atomic E-state index is 13.2. The topological polar surface area (TPSA) is 77.0 Å². The van der Waals surface area contributed by atoms with Crippen LogP contribution in [0, 0.1) is 6.92 Å². The number of likely N-dealkylation sites (N-methyl/N-ethyl adjacent to an activating group) is 1. The number of aromatic carboxylic acids is 1. The molecule has 0 unspecified atom stereocenters. The number of carboxylic acids is 1. The fourth-order valence-electron chi connectivity index (χ4n) is 2.97. The van der Waals surface area contributed by atoms with Crippen molar-refractivity contribution in [1.82, 2.24) is 14.8 Å². The first-order valence-electron chi connectivity index (χ1n) is 8.94. The number of nitrogens with zero attached hydrogens (tertiary/aromatic N) is 4. The predicted octanol–water partition coefficient (Wildman–Crippen LogP) is 2.46. The van der Waals surface area contributed by atoms with Crippen LogP contribution in [0.3, 0.4) is 0 Å². The first kappa shape index (κ1) is 18.8. The number of carboxylic acid groups (broad SMARTS) is 1. The number of pyridine rings is 1. The van der Waals surface area contributed by atoms with Crippen molar-refractivity contribution >= 4 is 17.7 Å². The summed E-state index contributed by atoms with van der Waals surface area (Å²) in [4.78, 5) is 34.2. The molecule has 7 nitrogen and oxygen atoms in total. The van der Waals surface area contributed by atoms with E-state index in [1.54, 1.807) is 11.0 Å². The van der Waals surface area contributed by atoms with Crippen LogP contribution < -0.4 is 4.90 Å². The molecule has 3 rings (SSSR count). The van der Waals surface area contributed by atoms with Gasteiger partial charge >= 0.3 is 12.0 Å². The summed E-state index contributed by atoms with van der Waals surface area (Å²) in [5, 5.41) is 9.03. The van der Waals surface area contributed by atoms with Gasteiger partial charge in [-0.2, -0.15) is 0 Å². The van der Waals surface area contributed by atoms with Crippen molar-refractivity contribution in [3.05, 3.63) is 59.4 Å². The van der Waals surface area contributed by atoms with Crippen molar-refractivity contribution < 1.29 is 14.7 Å². The number of benzene rings is 1. The zero-order valence-electron chi connectivity index (χ0n) is 15.6. The molecule has 0 saturated carbocycles. The normalized spacial score (nSPS) is 14.8. The molecule has 2 aromatic rings. The minimum absolute atomic E-state index is 0.0592. The molecule has 0 spiro atoms. The van der Waals surface area contributed by atoms with Crippen LogP contribution in [0.1, 0.15) is 21.6 Å². The van der Waals surface area contributed by atoms with Gasteiger partial charge in [0.05, 0.1) is 17.8 Å². The SMILES string of the molecule is Cc1ccc(N(Cc2ccc(C(=O)O)cn2)C(=O)N2CCN(C)CC2)cc1. The van der Waals surface area contributed by atoms with Crippen molar-refractivity contribution in [1.29, 1.82) is 0 Å². The second kappa shape index (κ2) is 8.18. The molecule has 1 aliphatic heterocycles. The third-order valence-corrected chi connectivity index (χ3v) is 4.74. The maximum Gasteiger partial charge on any atom is 0.337 e. The van der Waals surface area contributed by atoms with Gasteiger partial charge in [-0.05, 0) is 38.2 Å². The second-order valence-corrected chi connectivity index (χ2v) is 6.84. The first-order valence-corrected chi connectivity index (χ1v) is 8.94. The van der Waals surface area contributed by atoms with Gasteiger partial charge in [0.15, 0.2) is 0 Å². The van der Waals surface area contributed by atoms with E-state index in [2.05, 4.69) is 9.88 Å². The van der Waals surface area contributed by atoms with Gasteiger partial charge in [-0.15, -0.1) is 0 Å². The number of hydrogen-bond acceptors (Lipinski definition) is 4. The van der Waals surface area contributed by atoms with Crippen LogP contribution in [0.15, 0.2) is 42.6 Å². The Hall–Kier alpha value is -2.93. The Morgan fingerprint density at radius 2 is 1.74 bits per heavy atom. The highest BCUT2D eigenvalue weighted by Gasteiger charge is 2.25. The highest BCUT2D eigenvalue weighted by atomic mass is 16.4. The number of aryl methyl sites for hydroxylation is 1. The third kappa shape index (κ3) is 4.62. The molecule has 0 radical (unpaired) electrons. The number of carbonyl (C=O) groups excluding carboxylic acids is 1. The molecule has 0 atom stereocenters. The van der Waals surface area contributed by atoms with Gasteiger partial charge < -0.3 is 14.9 Å². The smallest absolute Gasteiger partial charge is 0.337 e. The lowest BCUT2D eigenvalue weighted by atomic mass is 10.2. The zero-order chi connectivity index (χ0) is 19.4. The summed E-state index contributed by atoms with van der Waals surface area (Å²) < 4.78 is 0. The van der Waals surface area contributed by atoms with E-state index in [0.717, 1.165) is 24.3 Å². The molecule has 1 aromatic heterocycles. The molecule has 1 fully saturated rings. The third-order valence-electron chi connectivity index (χ3n) is 4.74. The highest BCUT2D eigenvalue weighted by molar-refractivity contribution is 5.92. The molecular weight excluding hydrogens is 344 g/mol. The van der Waals surface area contributed by atoms with E-state index in [-0.39, 0.29) is 18.1 Å². The Morgan fingerprint density at radius 1 is 1.07 bits per heavy atom. The number of hydrogen-bond donors (Lipinski definition) is 1. The van der Waals surface area contributed by atoms with Crippen molar-refractivity contribution in [3.63, 3.8) is 0 Å². The lowest BCUT2D eigenvalue weighted by Gasteiger charge is -2.36. The minimum Gasteiger partial charge on any atom is -0.478 e. The number of carbonyl (C=O) groups is 2. The molecule has 2 amide bonds. The van der Waals surface area contributed by atoms with E-state index in [1.807, 2.05) is 43.1 Å². The number of rotatable bonds is 4. The molecule has 7 heteroatoms. The quantitative estimate of drug-likeness (QED) is 0.897. The number of anilines is 1. The average molecular weight is 368 g/mol. The second-order valence-electron chi connectivity index (χ2n) is 6.84. The summed E-state index contributed by atoms with van der Waals surface area (Å²) in [6.45, 7) is 5.35. The van der Waals surface area contributed by atoms with Gasteiger partial charge in [0, 0.05) is 38.1 Å². The molecule has 0 aliphatic carbocycles. The number of piperazine rings is 1. The largest absolute Gasteiger partial charge is 0.478 e. The summed E-state index contributed by atoms with van der Waals surface area (Å²) in [5.41, 5.74) is 2.69. The van der Waals surface area contributed by atoms with E-state index < -0.39 is 5.97 Å². The summed E-state index contributed by atoms with van der Waals surface area (Å²) >= 11 is 0. The molecular formula is C20H24N4O3. The van der Waals surface area contributed by atoms with Crippen molar-refractivity contribution in [2.75, 3.05) is 38.1 Å². The maximum absolute atomic E-state index is 13.2. The summed E-state index contributed by atoms with van der Waals surface area (Å²) in [6, 6.07) is 10.9. The molecule has 142 valence electrons. The van der Waals surface area contributed by atoms with E-state index in [9.17, 15) is 9.59 Å². The summed E-state index contributed by atoms with van der Waals surface area (Å²) in [7, 11) is 2.05. The summed E-state index contributed by atoms with van der Waals surface area (Å²) in [6.07, 6.45) is 1.32. The molecule has 1 aliphatic rings. The van der Waals surface area contributed by atoms with Gasteiger partial charge in [0.2, 0.25) is 0 Å². The zero-order valence-corrected chi connectivity index (χ0v) is 15.6. The average Bonchev–Trinajstić information content (AvgIpc) is 2.67. The molecule has 1 saturated heterocycles. The first-order chi connectivity index (χ1) is 12.9. The van der Waals surface area contributed by atoms with Crippen LogP contribution in [0.2, 0.25) is 0 Å². The standard InChI is InChI=1S/C20H24N4O3/c1-15-3-7-18(8-4-15)24(20(27)23-11-9-22(2)10-12-23)14-17-6-5-16(13-21-17)19(25)26/h3-8,13H,9-12,14H2,1-2H3,(H,25,26). The number of aromatic nitrogens is 1. The molecule has 1 N–H and O–H groups in total. The van der Waals surface area contributed by atoms with Crippen LogP contribution in [0.4, 0.5) is 10.5 Å². The lowest BCUT2D eigenvalue weighted by molar-refractivity contribution is 0.0696. The highest BCUT2D eigenvalue weighted by Crippen LogP contribution is 2.20. The molecule has 1 aromatic carbocycles. The van der Waals surface area contributed by atoms with E-state index in [4.69, 9.17) is 5.11 Å². The fraction of sp³-hybridized carbons (Fsp3) is 0.350. The van der Waals surface area contributed by atoms with Gasteiger partial charge in [0.1, 0.15) is 0 Å².